The lowest BCUT2D eigenvalue weighted by molar-refractivity contribution is 0.0955. The first-order chi connectivity index (χ1) is 10.7. The lowest BCUT2D eigenvalue weighted by atomic mass is 9.89. The van der Waals surface area contributed by atoms with E-state index in [1.54, 1.807) is 7.05 Å². The number of hydrogen-bond acceptors (Lipinski definition) is 3. The van der Waals surface area contributed by atoms with Crippen LogP contribution in [0.5, 0.6) is 0 Å². The molecule has 122 valence electrons. The van der Waals surface area contributed by atoms with Crippen LogP contribution in [0.3, 0.4) is 0 Å². The molecule has 0 aromatic carbocycles. The van der Waals surface area contributed by atoms with Crippen LogP contribution in [-0.2, 0) is 19.9 Å². The van der Waals surface area contributed by atoms with Crippen molar-refractivity contribution in [1.82, 2.24) is 20.0 Å². The fraction of sp³-hybridized carbons (Fsp3) is 0.765. The number of hydrogen-bond donors (Lipinski definition) is 1. The molecule has 0 spiro atoms. The third-order valence-corrected chi connectivity index (χ3v) is 5.28. The molecule has 1 saturated heterocycles. The van der Waals surface area contributed by atoms with Crippen molar-refractivity contribution in [2.75, 3.05) is 20.1 Å². The minimum Gasteiger partial charge on any atom is -0.354 e. The van der Waals surface area contributed by atoms with Crippen LogP contribution in [-0.4, -0.2) is 46.8 Å². The monoisotopic (exact) mass is 304 g/mol. The number of fused-ring (bicyclic) bond motifs is 1. The van der Waals surface area contributed by atoms with Crippen molar-refractivity contribution >= 4 is 5.91 Å². The molecule has 0 bridgehead atoms. The van der Waals surface area contributed by atoms with Gasteiger partial charge in [0.25, 0.3) is 5.91 Å². The van der Waals surface area contributed by atoms with Crippen molar-refractivity contribution in [3.63, 3.8) is 0 Å². The quantitative estimate of drug-likeness (QED) is 0.908. The van der Waals surface area contributed by atoms with Gasteiger partial charge in [0.2, 0.25) is 0 Å². The van der Waals surface area contributed by atoms with E-state index in [0.717, 1.165) is 12.8 Å². The average Bonchev–Trinajstić information content (AvgIpc) is 2.83. The molecule has 1 aliphatic carbocycles. The number of amides is 1. The minimum atomic E-state index is -0.0508. The second-order valence-electron chi connectivity index (χ2n) is 6.68. The second kappa shape index (κ2) is 6.82. The van der Waals surface area contributed by atoms with Crippen LogP contribution in [0.15, 0.2) is 0 Å². The maximum absolute atomic E-state index is 12.1. The molecule has 1 aromatic rings. The molecule has 5 nitrogen and oxygen atoms in total. The Hall–Kier alpha value is -1.36. The van der Waals surface area contributed by atoms with E-state index in [4.69, 9.17) is 0 Å². The molecule has 0 saturated carbocycles. The Labute approximate surface area is 133 Å². The summed E-state index contributed by atoms with van der Waals surface area (Å²) in [4.78, 5) is 14.8. The number of aromatic nitrogens is 2. The van der Waals surface area contributed by atoms with Gasteiger partial charge in [-0.15, -0.1) is 0 Å². The van der Waals surface area contributed by atoms with Crippen LogP contribution in [0.2, 0.25) is 0 Å². The fourth-order valence-electron chi connectivity index (χ4n) is 4.02. The van der Waals surface area contributed by atoms with Crippen LogP contribution in [0, 0.1) is 0 Å². The smallest absolute Gasteiger partial charge is 0.271 e. The molecule has 2 aliphatic rings. The van der Waals surface area contributed by atoms with Gasteiger partial charge in [-0.3, -0.25) is 9.48 Å². The maximum Gasteiger partial charge on any atom is 0.271 e. The third-order valence-electron chi connectivity index (χ3n) is 5.28. The van der Waals surface area contributed by atoms with Crippen molar-refractivity contribution in [2.24, 2.45) is 7.05 Å². The molecule has 2 heterocycles. The van der Waals surface area contributed by atoms with Gasteiger partial charge in [0, 0.05) is 31.4 Å². The highest BCUT2D eigenvalue weighted by Gasteiger charge is 2.30. The topological polar surface area (TPSA) is 50.2 Å². The molecular weight excluding hydrogens is 276 g/mol. The number of rotatable bonds is 2. The highest BCUT2D eigenvalue weighted by molar-refractivity contribution is 5.93. The van der Waals surface area contributed by atoms with Crippen LogP contribution in [0.4, 0.5) is 0 Å². The largest absolute Gasteiger partial charge is 0.354 e. The van der Waals surface area contributed by atoms with Crippen molar-refractivity contribution in [2.45, 2.75) is 57.4 Å². The minimum absolute atomic E-state index is 0.0508. The summed E-state index contributed by atoms with van der Waals surface area (Å²) < 4.78 is 1.91. The predicted octanol–water partition coefficient (Wildman–Crippen LogP) is 1.90. The van der Waals surface area contributed by atoms with Gasteiger partial charge in [-0.2, -0.15) is 5.10 Å². The number of aryl methyl sites for hydroxylation is 1. The highest BCUT2D eigenvalue weighted by Crippen LogP contribution is 2.28. The zero-order valence-corrected chi connectivity index (χ0v) is 13.9. The van der Waals surface area contributed by atoms with E-state index in [9.17, 15) is 4.79 Å². The first-order valence-corrected chi connectivity index (χ1v) is 8.71. The Morgan fingerprint density at radius 1 is 1.18 bits per heavy atom. The van der Waals surface area contributed by atoms with Crippen molar-refractivity contribution in [3.8, 4) is 0 Å². The van der Waals surface area contributed by atoms with E-state index in [0.29, 0.717) is 11.7 Å². The summed E-state index contributed by atoms with van der Waals surface area (Å²) in [6.45, 7) is 2.44. The Kier molecular flexibility index (Phi) is 4.81. The molecule has 3 rings (SSSR count). The molecule has 5 heteroatoms. The Morgan fingerprint density at radius 2 is 1.86 bits per heavy atom. The molecule has 1 aromatic heterocycles. The molecule has 1 aliphatic heterocycles. The Morgan fingerprint density at radius 3 is 2.55 bits per heavy atom. The van der Waals surface area contributed by atoms with E-state index < -0.39 is 0 Å². The summed E-state index contributed by atoms with van der Waals surface area (Å²) in [7, 11) is 3.64. The summed E-state index contributed by atoms with van der Waals surface area (Å²) in [5, 5.41) is 7.19. The van der Waals surface area contributed by atoms with Gasteiger partial charge < -0.3 is 10.2 Å². The predicted molar refractivity (Wildman–Crippen MR) is 87.1 cm³/mol. The molecule has 0 radical (unpaired) electrons. The normalized spacial score (nSPS) is 23.5. The summed E-state index contributed by atoms with van der Waals surface area (Å²) in [6, 6.07) is 0.582. The van der Waals surface area contributed by atoms with Gasteiger partial charge in [-0.25, -0.2) is 0 Å². The van der Waals surface area contributed by atoms with E-state index in [2.05, 4.69) is 15.3 Å². The fourth-order valence-corrected chi connectivity index (χ4v) is 4.02. The van der Waals surface area contributed by atoms with Crippen LogP contribution in [0.25, 0.3) is 0 Å². The maximum atomic E-state index is 12.1. The SMILES string of the molecule is CNC(=O)c1nn(C)c2c1C[C@H](N1CCCCCCC1)CC2. The van der Waals surface area contributed by atoms with Crippen LogP contribution in [0.1, 0.15) is 60.3 Å². The van der Waals surface area contributed by atoms with E-state index in [1.807, 2.05) is 11.7 Å². The number of nitrogens with zero attached hydrogens (tertiary/aromatic N) is 3. The zero-order valence-electron chi connectivity index (χ0n) is 13.9. The van der Waals surface area contributed by atoms with Gasteiger partial charge >= 0.3 is 0 Å². The first-order valence-electron chi connectivity index (χ1n) is 8.71. The zero-order chi connectivity index (χ0) is 15.5. The van der Waals surface area contributed by atoms with Crippen LogP contribution < -0.4 is 5.32 Å². The lowest BCUT2D eigenvalue weighted by Gasteiger charge is -2.35. The highest BCUT2D eigenvalue weighted by atomic mass is 16.1. The third kappa shape index (κ3) is 3.05. The molecule has 22 heavy (non-hydrogen) atoms. The van der Waals surface area contributed by atoms with Gasteiger partial charge in [0.1, 0.15) is 0 Å². The standard InChI is InChI=1S/C17H28N4O/c1-18-17(22)16-14-12-13(8-9-15(14)20(2)19-16)21-10-6-4-3-5-7-11-21/h13H,3-12H2,1-2H3,(H,18,22)/t13-/m1/s1. The van der Waals surface area contributed by atoms with Crippen molar-refractivity contribution in [3.05, 3.63) is 17.0 Å². The van der Waals surface area contributed by atoms with E-state index in [1.165, 1.54) is 62.9 Å². The van der Waals surface area contributed by atoms with Gasteiger partial charge in [-0.05, 0) is 45.2 Å². The number of likely N-dealkylation sites (tertiary alicyclic amines) is 1. The van der Waals surface area contributed by atoms with Gasteiger partial charge in [0.15, 0.2) is 5.69 Å². The molecule has 0 unspecified atom stereocenters. The average molecular weight is 304 g/mol. The second-order valence-corrected chi connectivity index (χ2v) is 6.68. The summed E-state index contributed by atoms with van der Waals surface area (Å²) >= 11 is 0. The number of carbonyl (C=O) groups is 1. The molecular formula is C17H28N4O. The molecule has 1 atom stereocenters. The van der Waals surface area contributed by atoms with Gasteiger partial charge in [-0.1, -0.05) is 19.3 Å². The Balaban J connectivity index is 1.78. The molecule has 1 amide bonds. The molecule has 1 fully saturated rings. The van der Waals surface area contributed by atoms with Crippen molar-refractivity contribution < 1.29 is 4.79 Å². The number of nitrogens with one attached hydrogen (secondary N) is 1. The van der Waals surface area contributed by atoms with Gasteiger partial charge in [0.05, 0.1) is 0 Å². The number of carbonyl (C=O) groups excluding carboxylic acids is 1. The summed E-state index contributed by atoms with van der Waals surface area (Å²) in [6.07, 6.45) is 9.97. The lowest BCUT2D eigenvalue weighted by Crippen LogP contribution is -2.41. The van der Waals surface area contributed by atoms with E-state index in [-0.39, 0.29) is 5.91 Å². The first kappa shape index (κ1) is 15.5. The van der Waals surface area contributed by atoms with Crippen LogP contribution >= 0.6 is 0 Å². The molecule has 1 N–H and O–H groups in total. The van der Waals surface area contributed by atoms with E-state index >= 15 is 0 Å². The summed E-state index contributed by atoms with van der Waals surface area (Å²) in [5.74, 6) is -0.0508. The van der Waals surface area contributed by atoms with Crippen molar-refractivity contribution in [1.29, 1.82) is 0 Å². The summed E-state index contributed by atoms with van der Waals surface area (Å²) in [5.41, 5.74) is 3.07. The Bertz CT molecular complexity index is 529.